The lowest BCUT2D eigenvalue weighted by Gasteiger charge is -2.26. The van der Waals surface area contributed by atoms with E-state index < -0.39 is 0 Å². The van der Waals surface area contributed by atoms with E-state index in [0.29, 0.717) is 0 Å². The van der Waals surface area contributed by atoms with Gasteiger partial charge in [0.05, 0.1) is 15.9 Å². The zero-order valence-electron chi connectivity index (χ0n) is 22.8. The van der Waals surface area contributed by atoms with E-state index in [4.69, 9.17) is 4.98 Å². The van der Waals surface area contributed by atoms with Crippen LogP contribution < -0.4 is 0 Å². The van der Waals surface area contributed by atoms with Crippen molar-refractivity contribution in [1.82, 2.24) is 19.4 Å². The summed E-state index contributed by atoms with van der Waals surface area (Å²) in [7, 11) is 0. The fourth-order valence-electron chi connectivity index (χ4n) is 5.18. The maximum Gasteiger partial charge on any atom is 0.253 e. The maximum absolute atomic E-state index is 13.5. The third kappa shape index (κ3) is 6.38. The molecule has 36 heavy (non-hydrogen) atoms. The van der Waals surface area contributed by atoms with Gasteiger partial charge in [-0.1, -0.05) is 33.1 Å². The average Bonchev–Trinajstić information content (AvgIpc) is 3.43. The van der Waals surface area contributed by atoms with Gasteiger partial charge in [-0.2, -0.15) is 0 Å². The molecule has 5 nitrogen and oxygen atoms in total. The Balaban J connectivity index is 1.65. The maximum atomic E-state index is 13.5. The second-order valence-electron chi connectivity index (χ2n) is 10.4. The van der Waals surface area contributed by atoms with Crippen molar-refractivity contribution in [1.29, 1.82) is 0 Å². The SMILES string of the molecule is CCCCN(CCCC)C(=O)c1ccc2nc(-c3cc(C)c(C)s3)n(CCCN3CCCCC3)c2c1. The Hall–Kier alpha value is -2.18. The van der Waals surface area contributed by atoms with Crippen molar-refractivity contribution >= 4 is 28.3 Å². The summed E-state index contributed by atoms with van der Waals surface area (Å²) in [6.45, 7) is 14.9. The van der Waals surface area contributed by atoms with Crippen LogP contribution in [-0.2, 0) is 6.54 Å². The van der Waals surface area contributed by atoms with Crippen LogP contribution in [0.1, 0.15) is 86.0 Å². The number of imidazole rings is 1. The second kappa shape index (κ2) is 12.9. The zero-order chi connectivity index (χ0) is 25.5. The Kier molecular flexibility index (Phi) is 9.60. The minimum absolute atomic E-state index is 0.157. The standard InChI is InChI=1S/C30H44N4OS/c1-5-7-18-33(19-8-6-2)30(35)25-13-14-26-27(22-25)34(20-12-17-32-15-10-9-11-16-32)29(31-26)28-21-23(3)24(4)36-28/h13-14,21-22H,5-12,15-20H2,1-4H3. The van der Waals surface area contributed by atoms with Gasteiger partial charge in [-0.25, -0.2) is 4.98 Å². The van der Waals surface area contributed by atoms with E-state index in [1.165, 1.54) is 47.7 Å². The van der Waals surface area contributed by atoms with Gasteiger partial charge in [0, 0.05) is 30.1 Å². The Morgan fingerprint density at radius 2 is 1.69 bits per heavy atom. The highest BCUT2D eigenvalue weighted by atomic mass is 32.1. The number of carbonyl (C=O) groups is 1. The Labute approximate surface area is 221 Å². The van der Waals surface area contributed by atoms with Gasteiger partial charge in [-0.3, -0.25) is 4.79 Å². The number of fused-ring (bicyclic) bond motifs is 1. The monoisotopic (exact) mass is 508 g/mol. The molecule has 0 spiro atoms. The fraction of sp³-hybridized carbons (Fsp3) is 0.600. The van der Waals surface area contributed by atoms with Gasteiger partial charge < -0.3 is 14.4 Å². The van der Waals surface area contributed by atoms with E-state index >= 15 is 0 Å². The molecule has 0 N–H and O–H groups in total. The highest BCUT2D eigenvalue weighted by Gasteiger charge is 2.20. The molecule has 0 bridgehead atoms. The molecule has 0 unspecified atom stereocenters. The quantitative estimate of drug-likeness (QED) is 0.258. The molecule has 0 radical (unpaired) electrons. The summed E-state index contributed by atoms with van der Waals surface area (Å²) < 4.78 is 2.38. The lowest BCUT2D eigenvalue weighted by molar-refractivity contribution is 0.0751. The highest BCUT2D eigenvalue weighted by molar-refractivity contribution is 7.15. The second-order valence-corrected chi connectivity index (χ2v) is 11.7. The Bertz CT molecular complexity index is 1110. The van der Waals surface area contributed by atoms with Crippen LogP contribution in [0.5, 0.6) is 0 Å². The first kappa shape index (κ1) is 26.9. The summed E-state index contributed by atoms with van der Waals surface area (Å²) in [5.41, 5.74) is 4.18. The van der Waals surface area contributed by atoms with E-state index in [0.717, 1.165) is 80.7 Å². The van der Waals surface area contributed by atoms with Crippen LogP contribution in [0.4, 0.5) is 0 Å². The minimum Gasteiger partial charge on any atom is -0.339 e. The first-order valence-electron chi connectivity index (χ1n) is 14.1. The molecule has 1 aromatic carbocycles. The third-order valence-corrected chi connectivity index (χ3v) is 8.69. The number of hydrogen-bond acceptors (Lipinski definition) is 4. The van der Waals surface area contributed by atoms with E-state index in [-0.39, 0.29) is 5.91 Å². The molecule has 4 rings (SSSR count). The third-order valence-electron chi connectivity index (χ3n) is 7.54. The summed E-state index contributed by atoms with van der Waals surface area (Å²) in [6.07, 6.45) is 9.41. The van der Waals surface area contributed by atoms with Crippen molar-refractivity contribution in [3.8, 4) is 10.7 Å². The van der Waals surface area contributed by atoms with E-state index in [1.54, 1.807) is 0 Å². The van der Waals surface area contributed by atoms with Gasteiger partial charge in [-0.15, -0.1) is 11.3 Å². The minimum atomic E-state index is 0.157. The summed E-state index contributed by atoms with van der Waals surface area (Å²) in [5, 5.41) is 0. The van der Waals surface area contributed by atoms with Crippen LogP contribution in [0.15, 0.2) is 24.3 Å². The molecule has 0 saturated carbocycles. The van der Waals surface area contributed by atoms with Crippen molar-refractivity contribution < 1.29 is 4.79 Å². The lowest BCUT2D eigenvalue weighted by Crippen LogP contribution is -2.33. The van der Waals surface area contributed by atoms with Crippen molar-refractivity contribution in [3.63, 3.8) is 0 Å². The number of nitrogens with zero attached hydrogens (tertiary/aromatic N) is 4. The number of amides is 1. The van der Waals surface area contributed by atoms with Crippen molar-refractivity contribution in [2.75, 3.05) is 32.7 Å². The number of carbonyl (C=O) groups excluding carboxylic acids is 1. The largest absolute Gasteiger partial charge is 0.339 e. The van der Waals surface area contributed by atoms with Gasteiger partial charge in [0.15, 0.2) is 5.82 Å². The number of rotatable bonds is 12. The number of unbranched alkanes of at least 4 members (excludes halogenated alkanes) is 2. The van der Waals surface area contributed by atoms with Crippen molar-refractivity contribution in [3.05, 3.63) is 40.3 Å². The Morgan fingerprint density at radius 1 is 0.972 bits per heavy atom. The first-order valence-corrected chi connectivity index (χ1v) is 14.9. The smallest absolute Gasteiger partial charge is 0.253 e. The molecule has 3 aromatic rings. The highest BCUT2D eigenvalue weighted by Crippen LogP contribution is 2.33. The number of aromatic nitrogens is 2. The predicted molar refractivity (Wildman–Crippen MR) is 153 cm³/mol. The van der Waals surface area contributed by atoms with E-state index in [9.17, 15) is 4.79 Å². The molecule has 1 aliphatic rings. The van der Waals surface area contributed by atoms with Crippen LogP contribution in [0, 0.1) is 13.8 Å². The van der Waals surface area contributed by atoms with Crippen LogP contribution in [0.25, 0.3) is 21.7 Å². The molecule has 3 heterocycles. The molecule has 196 valence electrons. The van der Waals surface area contributed by atoms with E-state index in [2.05, 4.69) is 60.3 Å². The summed E-state index contributed by atoms with van der Waals surface area (Å²) in [4.78, 5) is 25.9. The topological polar surface area (TPSA) is 41.4 Å². The Morgan fingerprint density at radius 3 is 2.33 bits per heavy atom. The summed E-state index contributed by atoms with van der Waals surface area (Å²) in [5.74, 6) is 1.20. The normalized spacial score (nSPS) is 14.6. The molecular weight excluding hydrogens is 464 g/mol. The zero-order valence-corrected chi connectivity index (χ0v) is 23.6. The molecule has 1 amide bonds. The molecular formula is C30H44N4OS. The average molecular weight is 509 g/mol. The van der Waals surface area contributed by atoms with Gasteiger partial charge in [0.25, 0.3) is 5.91 Å². The first-order chi connectivity index (χ1) is 17.5. The summed E-state index contributed by atoms with van der Waals surface area (Å²) in [6, 6.07) is 8.41. The van der Waals surface area contributed by atoms with E-state index in [1.807, 2.05) is 17.4 Å². The molecule has 0 aliphatic carbocycles. The predicted octanol–water partition coefficient (Wildman–Crippen LogP) is 7.30. The van der Waals surface area contributed by atoms with Gasteiger partial charge in [0.2, 0.25) is 0 Å². The number of aryl methyl sites for hydroxylation is 3. The molecule has 0 atom stereocenters. The number of benzene rings is 1. The van der Waals surface area contributed by atoms with Crippen LogP contribution in [0.2, 0.25) is 0 Å². The van der Waals surface area contributed by atoms with Gasteiger partial charge >= 0.3 is 0 Å². The number of likely N-dealkylation sites (tertiary alicyclic amines) is 1. The molecule has 1 fully saturated rings. The number of hydrogen-bond donors (Lipinski definition) is 0. The fourth-order valence-corrected chi connectivity index (χ4v) is 6.22. The molecule has 1 aliphatic heterocycles. The van der Waals surface area contributed by atoms with Crippen LogP contribution >= 0.6 is 11.3 Å². The van der Waals surface area contributed by atoms with Crippen LogP contribution in [0.3, 0.4) is 0 Å². The van der Waals surface area contributed by atoms with Crippen molar-refractivity contribution in [2.24, 2.45) is 0 Å². The molecule has 2 aromatic heterocycles. The lowest BCUT2D eigenvalue weighted by atomic mass is 10.1. The number of piperidine rings is 1. The van der Waals surface area contributed by atoms with Gasteiger partial charge in [0.1, 0.15) is 0 Å². The van der Waals surface area contributed by atoms with Crippen molar-refractivity contribution in [2.45, 2.75) is 85.6 Å². The van der Waals surface area contributed by atoms with Crippen LogP contribution in [-0.4, -0.2) is 58.0 Å². The number of thiophene rings is 1. The van der Waals surface area contributed by atoms with Gasteiger partial charge in [-0.05, 0) is 95.4 Å². The molecule has 6 heteroatoms. The summed E-state index contributed by atoms with van der Waals surface area (Å²) >= 11 is 1.82. The molecule has 1 saturated heterocycles.